The third-order valence-electron chi connectivity index (χ3n) is 3.83. The van der Waals surface area contributed by atoms with Crippen LogP contribution in [0.2, 0.25) is 0 Å². The summed E-state index contributed by atoms with van der Waals surface area (Å²) in [7, 11) is 0. The molecule has 0 unspecified atom stereocenters. The predicted molar refractivity (Wildman–Crippen MR) is 83.4 cm³/mol. The Morgan fingerprint density at radius 2 is 1.48 bits per heavy atom. The van der Waals surface area contributed by atoms with Gasteiger partial charge in [-0.25, -0.2) is 9.37 Å². The Bertz CT molecular complexity index is 942. The van der Waals surface area contributed by atoms with Crippen LogP contribution in [0.1, 0.15) is 0 Å². The molecule has 4 aromatic rings. The van der Waals surface area contributed by atoms with Gasteiger partial charge < -0.3 is 0 Å². The minimum atomic E-state index is -0.218. The average molecular weight is 274 g/mol. The Morgan fingerprint density at radius 1 is 0.714 bits per heavy atom. The molecule has 1 nitrogen and oxygen atoms in total. The Balaban J connectivity index is 2.00. The van der Waals surface area contributed by atoms with E-state index in [0.717, 1.165) is 11.3 Å². The summed E-state index contributed by atoms with van der Waals surface area (Å²) < 4.78 is 13.1. The minimum Gasteiger partial charge on any atom is -0.210 e. The first-order chi connectivity index (χ1) is 10.3. The molecule has 1 N–H and O–H groups in total. The van der Waals surface area contributed by atoms with Crippen molar-refractivity contribution in [1.82, 2.24) is 0 Å². The highest BCUT2D eigenvalue weighted by molar-refractivity contribution is 6.07. The Labute approximate surface area is 121 Å². The molecule has 0 aliphatic rings. The molecular weight excluding hydrogens is 261 g/mol. The predicted octanol–water partition coefficient (Wildman–Crippen LogP) is 4.61. The maximum Gasteiger partial charge on any atom is 0.211 e. The van der Waals surface area contributed by atoms with Crippen LogP contribution in [0, 0.1) is 5.82 Å². The number of halogens is 1. The summed E-state index contributed by atoms with van der Waals surface area (Å²) in [5.41, 5.74) is 1.96. The van der Waals surface area contributed by atoms with Crippen LogP contribution in [0.4, 0.5) is 4.39 Å². The van der Waals surface area contributed by atoms with Gasteiger partial charge in [-0.05, 0) is 41.1 Å². The molecule has 3 aromatic carbocycles. The van der Waals surface area contributed by atoms with E-state index in [1.165, 1.54) is 33.7 Å². The number of hydrogen-bond acceptors (Lipinski definition) is 0. The van der Waals surface area contributed by atoms with E-state index in [4.69, 9.17) is 0 Å². The van der Waals surface area contributed by atoms with Gasteiger partial charge in [0.1, 0.15) is 5.82 Å². The summed E-state index contributed by atoms with van der Waals surface area (Å²) >= 11 is 0. The van der Waals surface area contributed by atoms with Crippen molar-refractivity contribution in [2.24, 2.45) is 0 Å². The van der Waals surface area contributed by atoms with Gasteiger partial charge in [-0.1, -0.05) is 30.3 Å². The third-order valence-corrected chi connectivity index (χ3v) is 3.83. The van der Waals surface area contributed by atoms with Gasteiger partial charge in [0.2, 0.25) is 5.69 Å². The maximum atomic E-state index is 13.1. The second-order valence-electron chi connectivity index (χ2n) is 5.14. The highest BCUT2D eigenvalue weighted by Crippen LogP contribution is 2.27. The molecule has 0 amide bonds. The smallest absolute Gasteiger partial charge is 0.210 e. The lowest BCUT2D eigenvalue weighted by molar-refractivity contribution is -0.362. The van der Waals surface area contributed by atoms with E-state index in [9.17, 15) is 4.39 Å². The van der Waals surface area contributed by atoms with Gasteiger partial charge in [0.05, 0.1) is 0 Å². The topological polar surface area (TPSA) is 14.1 Å². The molecule has 0 bridgehead atoms. The standard InChI is InChI=1S/C19H12FN/c20-16-9-7-14(8-10-16)19-11-18-15(12-21-19)6-5-13-3-1-2-4-17(13)18/h1-12H/p+1. The average Bonchev–Trinajstić information content (AvgIpc) is 2.55. The van der Waals surface area contributed by atoms with Crippen LogP contribution < -0.4 is 4.98 Å². The van der Waals surface area contributed by atoms with E-state index >= 15 is 0 Å². The lowest BCUT2D eigenvalue weighted by Gasteiger charge is -2.03. The van der Waals surface area contributed by atoms with Gasteiger partial charge in [-0.15, -0.1) is 0 Å². The number of H-pyrrole nitrogens is 1. The summed E-state index contributed by atoms with van der Waals surface area (Å²) in [6.45, 7) is 0. The van der Waals surface area contributed by atoms with Crippen molar-refractivity contribution in [3.63, 3.8) is 0 Å². The summed E-state index contributed by atoms with van der Waals surface area (Å²) in [6, 6.07) is 21.3. The lowest BCUT2D eigenvalue weighted by atomic mass is 10.0. The van der Waals surface area contributed by atoms with Crippen molar-refractivity contribution in [2.45, 2.75) is 0 Å². The molecule has 2 heteroatoms. The first kappa shape index (κ1) is 12.0. The second-order valence-corrected chi connectivity index (χ2v) is 5.14. The molecule has 0 spiro atoms. The van der Waals surface area contributed by atoms with E-state index in [-0.39, 0.29) is 5.82 Å². The van der Waals surface area contributed by atoms with E-state index in [1.54, 1.807) is 12.1 Å². The Hall–Kier alpha value is -2.74. The highest BCUT2D eigenvalue weighted by Gasteiger charge is 2.09. The van der Waals surface area contributed by atoms with E-state index < -0.39 is 0 Å². The summed E-state index contributed by atoms with van der Waals surface area (Å²) in [5.74, 6) is -0.218. The zero-order chi connectivity index (χ0) is 14.2. The van der Waals surface area contributed by atoms with Crippen molar-refractivity contribution in [2.75, 3.05) is 0 Å². The first-order valence-corrected chi connectivity index (χ1v) is 6.90. The van der Waals surface area contributed by atoms with Crippen LogP contribution in [-0.4, -0.2) is 0 Å². The van der Waals surface area contributed by atoms with Crippen molar-refractivity contribution in [3.8, 4) is 11.3 Å². The van der Waals surface area contributed by atoms with Crippen LogP contribution in [0.25, 0.3) is 32.8 Å². The summed E-state index contributed by atoms with van der Waals surface area (Å²) in [5, 5.41) is 4.82. The van der Waals surface area contributed by atoms with Crippen LogP contribution in [0.5, 0.6) is 0 Å². The molecule has 4 rings (SSSR count). The van der Waals surface area contributed by atoms with Crippen LogP contribution in [0.15, 0.2) is 72.9 Å². The largest absolute Gasteiger partial charge is 0.211 e. The van der Waals surface area contributed by atoms with Crippen molar-refractivity contribution < 1.29 is 9.37 Å². The summed E-state index contributed by atoms with van der Waals surface area (Å²) in [4.78, 5) is 3.29. The fourth-order valence-electron chi connectivity index (χ4n) is 2.74. The van der Waals surface area contributed by atoms with Crippen LogP contribution in [-0.2, 0) is 0 Å². The first-order valence-electron chi connectivity index (χ1n) is 6.90. The molecule has 0 saturated carbocycles. The maximum absolute atomic E-state index is 13.1. The number of aromatic amines is 1. The van der Waals surface area contributed by atoms with Crippen molar-refractivity contribution in [3.05, 3.63) is 78.7 Å². The second kappa shape index (κ2) is 4.67. The van der Waals surface area contributed by atoms with E-state index in [1.807, 2.05) is 12.3 Å². The zero-order valence-electron chi connectivity index (χ0n) is 11.3. The van der Waals surface area contributed by atoms with Crippen LogP contribution >= 0.6 is 0 Å². The number of hydrogen-bond donors (Lipinski definition) is 0. The van der Waals surface area contributed by atoms with Gasteiger partial charge in [0, 0.05) is 22.4 Å². The van der Waals surface area contributed by atoms with Gasteiger partial charge in [0.25, 0.3) is 0 Å². The van der Waals surface area contributed by atoms with Gasteiger partial charge >= 0.3 is 0 Å². The minimum absolute atomic E-state index is 0.218. The molecule has 0 saturated heterocycles. The monoisotopic (exact) mass is 274 g/mol. The van der Waals surface area contributed by atoms with Crippen molar-refractivity contribution >= 4 is 21.5 Å². The molecule has 0 aliphatic carbocycles. The van der Waals surface area contributed by atoms with Gasteiger partial charge in [0.15, 0.2) is 6.20 Å². The molecule has 0 radical (unpaired) electrons. The number of fused-ring (bicyclic) bond motifs is 3. The fraction of sp³-hybridized carbons (Fsp3) is 0. The molecule has 1 heterocycles. The third kappa shape index (κ3) is 2.05. The molecular formula is C19H13FN+. The van der Waals surface area contributed by atoms with Gasteiger partial charge in [-0.3, -0.25) is 0 Å². The Kier molecular flexibility index (Phi) is 2.68. The number of benzene rings is 3. The quantitative estimate of drug-likeness (QED) is 0.450. The van der Waals surface area contributed by atoms with E-state index in [0.29, 0.717) is 0 Å². The van der Waals surface area contributed by atoms with E-state index in [2.05, 4.69) is 41.4 Å². The number of rotatable bonds is 1. The number of aromatic nitrogens is 1. The normalized spacial score (nSPS) is 11.1. The zero-order valence-corrected chi connectivity index (χ0v) is 11.3. The highest BCUT2D eigenvalue weighted by atomic mass is 19.1. The molecule has 100 valence electrons. The van der Waals surface area contributed by atoms with Crippen molar-refractivity contribution in [1.29, 1.82) is 0 Å². The fourth-order valence-corrected chi connectivity index (χ4v) is 2.74. The van der Waals surface area contributed by atoms with Crippen LogP contribution in [0.3, 0.4) is 0 Å². The summed E-state index contributed by atoms with van der Waals surface area (Å²) in [6.07, 6.45) is 2.00. The molecule has 1 aromatic heterocycles. The number of nitrogens with one attached hydrogen (secondary N) is 1. The SMILES string of the molecule is Fc1ccc(-c2cc3c(ccc4ccccc43)c[nH+]2)cc1. The molecule has 0 atom stereocenters. The molecule has 0 fully saturated rings. The lowest BCUT2D eigenvalue weighted by Crippen LogP contribution is -2.05. The number of pyridine rings is 1. The van der Waals surface area contributed by atoms with Gasteiger partial charge in [-0.2, -0.15) is 0 Å². The molecule has 0 aliphatic heterocycles. The Morgan fingerprint density at radius 3 is 2.33 bits per heavy atom. The molecule has 21 heavy (non-hydrogen) atoms.